The molecule has 1 aliphatic heterocycles. The highest BCUT2D eigenvalue weighted by atomic mass is 19.1. The van der Waals surface area contributed by atoms with Gasteiger partial charge >= 0.3 is 0 Å². The summed E-state index contributed by atoms with van der Waals surface area (Å²) in [6.07, 6.45) is 7.16. The molecule has 1 unspecified atom stereocenters. The van der Waals surface area contributed by atoms with Crippen LogP contribution in [0.1, 0.15) is 54.2 Å². The number of hydrogen-bond acceptors (Lipinski definition) is 7. The maximum atomic E-state index is 13.6. The number of carbonyl (C=O) groups excluding carboxylic acids is 1. The molecule has 0 spiro atoms. The predicted molar refractivity (Wildman–Crippen MR) is 145 cm³/mol. The number of carbonyl (C=O) groups is 1. The first-order valence-corrected chi connectivity index (χ1v) is 13.6. The Morgan fingerprint density at radius 1 is 1.07 bits per heavy atom. The van der Waals surface area contributed by atoms with Crippen LogP contribution in [0.15, 0.2) is 61.1 Å². The molecule has 10 heteroatoms. The normalized spacial score (nSPS) is 21.8. The fourth-order valence-corrected chi connectivity index (χ4v) is 5.55. The number of hydrogen-bond donors (Lipinski definition) is 1. The Balaban J connectivity index is 1.07. The number of nitrogens with zero attached hydrogens (tertiary/aromatic N) is 6. The zero-order chi connectivity index (χ0) is 27.6. The van der Waals surface area contributed by atoms with Gasteiger partial charge in [-0.25, -0.2) is 24.0 Å². The van der Waals surface area contributed by atoms with Crippen molar-refractivity contribution < 1.29 is 13.9 Å². The van der Waals surface area contributed by atoms with Gasteiger partial charge in [-0.15, -0.1) is 0 Å². The molecular formula is C30H30FN7O2. The molecular weight excluding hydrogens is 509 g/mol. The number of nitrogens with two attached hydrogens (primary N) is 1. The van der Waals surface area contributed by atoms with Gasteiger partial charge in [0, 0.05) is 66.6 Å². The Labute approximate surface area is 231 Å². The van der Waals surface area contributed by atoms with E-state index in [1.807, 2.05) is 30.9 Å². The number of amides is 1. The molecule has 4 heterocycles. The minimum atomic E-state index is -0.604. The van der Waals surface area contributed by atoms with Gasteiger partial charge in [-0.05, 0) is 68.7 Å². The molecule has 0 bridgehead atoms. The van der Waals surface area contributed by atoms with Crippen molar-refractivity contribution in [1.29, 1.82) is 0 Å². The number of aromatic nitrogens is 5. The molecule has 204 valence electrons. The van der Waals surface area contributed by atoms with Crippen molar-refractivity contribution in [2.75, 3.05) is 13.1 Å². The molecule has 4 aromatic rings. The van der Waals surface area contributed by atoms with Gasteiger partial charge in [-0.2, -0.15) is 5.10 Å². The van der Waals surface area contributed by atoms with Crippen LogP contribution >= 0.6 is 0 Å². The Morgan fingerprint density at radius 3 is 2.42 bits per heavy atom. The largest absolute Gasteiger partial charge is 0.474 e. The van der Waals surface area contributed by atoms with Crippen molar-refractivity contribution in [2.45, 2.75) is 44.2 Å². The lowest BCUT2D eigenvalue weighted by molar-refractivity contribution is 0.0750. The quantitative estimate of drug-likeness (QED) is 0.377. The summed E-state index contributed by atoms with van der Waals surface area (Å²) in [6.45, 7) is 5.10. The second-order valence-electron chi connectivity index (χ2n) is 11.6. The van der Waals surface area contributed by atoms with Crippen LogP contribution in [-0.2, 0) is 5.54 Å². The third-order valence-electron chi connectivity index (χ3n) is 8.04. The molecule has 3 fully saturated rings. The van der Waals surface area contributed by atoms with E-state index in [0.29, 0.717) is 42.1 Å². The summed E-state index contributed by atoms with van der Waals surface area (Å²) in [5.74, 6) is 1.45. The molecule has 0 radical (unpaired) electrons. The zero-order valence-electron chi connectivity index (χ0n) is 22.4. The highest BCUT2D eigenvalue weighted by molar-refractivity contribution is 5.96. The molecule has 1 amide bonds. The molecule has 1 saturated heterocycles. The van der Waals surface area contributed by atoms with E-state index in [1.165, 1.54) is 12.1 Å². The van der Waals surface area contributed by atoms with Crippen LogP contribution < -0.4 is 10.5 Å². The molecule has 2 aliphatic carbocycles. The van der Waals surface area contributed by atoms with Crippen LogP contribution in [0.2, 0.25) is 0 Å². The number of likely N-dealkylation sites (tertiary alicyclic amines) is 1. The summed E-state index contributed by atoms with van der Waals surface area (Å²) in [5.41, 5.74) is 9.64. The Kier molecular flexibility index (Phi) is 5.71. The molecule has 2 N–H and O–H groups in total. The monoisotopic (exact) mass is 539 g/mol. The molecule has 40 heavy (non-hydrogen) atoms. The first kappa shape index (κ1) is 24.8. The second kappa shape index (κ2) is 9.19. The van der Waals surface area contributed by atoms with Crippen LogP contribution in [0, 0.1) is 17.7 Å². The van der Waals surface area contributed by atoms with Gasteiger partial charge in [0.05, 0.1) is 17.0 Å². The fourth-order valence-electron chi connectivity index (χ4n) is 5.55. The van der Waals surface area contributed by atoms with Crippen molar-refractivity contribution >= 4 is 5.91 Å². The van der Waals surface area contributed by atoms with Crippen LogP contribution in [0.4, 0.5) is 4.39 Å². The maximum Gasteiger partial charge on any atom is 0.257 e. The minimum Gasteiger partial charge on any atom is -0.474 e. The molecule has 7 rings (SSSR count). The first-order chi connectivity index (χ1) is 19.2. The van der Waals surface area contributed by atoms with Crippen LogP contribution in [0.3, 0.4) is 0 Å². The molecule has 2 saturated carbocycles. The van der Waals surface area contributed by atoms with Crippen molar-refractivity contribution in [3.63, 3.8) is 0 Å². The topological polar surface area (TPSA) is 112 Å². The van der Waals surface area contributed by atoms with E-state index in [1.54, 1.807) is 41.5 Å². The number of pyridine rings is 1. The van der Waals surface area contributed by atoms with E-state index in [0.717, 1.165) is 29.7 Å². The number of halogens is 1. The van der Waals surface area contributed by atoms with Gasteiger partial charge in [0.15, 0.2) is 0 Å². The summed E-state index contributed by atoms with van der Waals surface area (Å²) in [5, 5.41) is 4.68. The third-order valence-corrected chi connectivity index (χ3v) is 8.04. The Bertz CT molecular complexity index is 1570. The Hall–Kier alpha value is -4.18. The summed E-state index contributed by atoms with van der Waals surface area (Å²) in [6, 6.07) is 11.8. The van der Waals surface area contributed by atoms with E-state index in [2.05, 4.69) is 15.1 Å². The number of rotatable bonds is 7. The van der Waals surface area contributed by atoms with Gasteiger partial charge in [-0.1, -0.05) is 0 Å². The number of benzene rings is 1. The van der Waals surface area contributed by atoms with Crippen LogP contribution in [-0.4, -0.2) is 54.7 Å². The van der Waals surface area contributed by atoms with Gasteiger partial charge < -0.3 is 15.4 Å². The summed E-state index contributed by atoms with van der Waals surface area (Å²) in [7, 11) is 0. The lowest BCUT2D eigenvalue weighted by atomic mass is 9.95. The Morgan fingerprint density at radius 2 is 1.77 bits per heavy atom. The predicted octanol–water partition coefficient (Wildman–Crippen LogP) is 4.08. The van der Waals surface area contributed by atoms with Crippen LogP contribution in [0.5, 0.6) is 5.88 Å². The van der Waals surface area contributed by atoms with Gasteiger partial charge in [0.2, 0.25) is 11.8 Å². The van der Waals surface area contributed by atoms with Crippen molar-refractivity contribution in [1.82, 2.24) is 29.6 Å². The average molecular weight is 540 g/mol. The third kappa shape index (κ3) is 4.62. The highest BCUT2D eigenvalue weighted by Gasteiger charge is 2.59. The van der Waals surface area contributed by atoms with Crippen molar-refractivity contribution in [3.05, 3.63) is 83.7 Å². The zero-order valence-corrected chi connectivity index (χ0v) is 22.4. The summed E-state index contributed by atoms with van der Waals surface area (Å²) < 4.78 is 21.5. The summed E-state index contributed by atoms with van der Waals surface area (Å²) >= 11 is 0. The highest BCUT2D eigenvalue weighted by Crippen LogP contribution is 2.49. The molecule has 3 aromatic heterocycles. The standard InChI is InChI=1S/C30H30FN7O2/c1-30(2,32)19-12-24(17-6-8-20(31)9-7-17)35-25(13-19)40-27-21-14-37(15-22(21)27)28(39)23-16-38(29-33-10-3-11-34-29)36-26(23)18-4-5-18/h3,6-13,16,18,21-22,27H,4-5,14-15,32H2,1-2H3/t21-,22+,27?. The van der Waals surface area contributed by atoms with Crippen molar-refractivity contribution in [2.24, 2.45) is 17.6 Å². The van der Waals surface area contributed by atoms with Gasteiger partial charge in [-0.3, -0.25) is 4.79 Å². The van der Waals surface area contributed by atoms with Gasteiger partial charge in [0.1, 0.15) is 11.9 Å². The van der Waals surface area contributed by atoms with E-state index < -0.39 is 5.54 Å². The minimum absolute atomic E-state index is 0.00127. The summed E-state index contributed by atoms with van der Waals surface area (Å²) in [4.78, 5) is 28.8. The van der Waals surface area contributed by atoms with E-state index >= 15 is 0 Å². The van der Waals surface area contributed by atoms with Gasteiger partial charge in [0.25, 0.3) is 5.91 Å². The fraction of sp³-hybridized carbons (Fsp3) is 0.367. The second-order valence-corrected chi connectivity index (χ2v) is 11.6. The molecule has 3 aliphatic rings. The molecule has 3 atom stereocenters. The maximum absolute atomic E-state index is 13.6. The lowest BCUT2D eigenvalue weighted by Crippen LogP contribution is -2.33. The van der Waals surface area contributed by atoms with E-state index in [-0.39, 0.29) is 29.7 Å². The average Bonchev–Trinajstić information content (AvgIpc) is 3.79. The van der Waals surface area contributed by atoms with Crippen LogP contribution in [0.25, 0.3) is 17.2 Å². The molecule has 1 aromatic carbocycles. The number of fused-ring (bicyclic) bond motifs is 1. The lowest BCUT2D eigenvalue weighted by Gasteiger charge is -2.22. The van der Waals surface area contributed by atoms with Crippen molar-refractivity contribution in [3.8, 4) is 23.1 Å². The molecule has 9 nitrogen and oxygen atoms in total. The number of ether oxygens (including phenoxy) is 1. The SMILES string of the molecule is CC(C)(N)c1cc(OC2[C@H]3CN(C(=O)c4cn(-c5ncccn5)nc4C4CC4)C[C@@H]23)nc(-c2ccc(F)cc2)c1. The first-order valence-electron chi connectivity index (χ1n) is 13.6. The van der Waals surface area contributed by atoms with E-state index in [9.17, 15) is 9.18 Å². The smallest absolute Gasteiger partial charge is 0.257 e. The van der Waals surface area contributed by atoms with E-state index in [4.69, 9.17) is 15.5 Å². The number of piperidine rings is 1.